The largest absolute Gasteiger partial charge is 0.479 e. The van der Waals surface area contributed by atoms with Gasteiger partial charge in [0.15, 0.2) is 0 Å². The topological polar surface area (TPSA) is 16.2 Å². The van der Waals surface area contributed by atoms with E-state index in [0.717, 1.165) is 11.3 Å². The fraction of sp³-hybridized carbons (Fsp3) is 0.111. The number of aliphatic imine (C=N–C) groups is 1. The number of pyridine rings is 1. The molecule has 0 saturated heterocycles. The van der Waals surface area contributed by atoms with Gasteiger partial charge in [-0.15, -0.1) is 11.8 Å². The van der Waals surface area contributed by atoms with E-state index >= 15 is 0 Å². The molecule has 2 aromatic carbocycles. The van der Waals surface area contributed by atoms with Crippen LogP contribution in [0.5, 0.6) is 0 Å². The maximum Gasteiger partial charge on any atom is 0.114 e. The first-order valence-electron chi connectivity index (χ1n) is 6.51. The maximum absolute atomic E-state index is 5.50. The Morgan fingerprint density at radius 2 is 1.81 bits per heavy atom. The van der Waals surface area contributed by atoms with Crippen LogP contribution in [0.1, 0.15) is 5.56 Å². The summed E-state index contributed by atoms with van der Waals surface area (Å²) in [5.41, 5.74) is 3.99. The molecule has 1 heterocycles. The summed E-state index contributed by atoms with van der Waals surface area (Å²) in [6.45, 7) is 7.61. The van der Waals surface area contributed by atoms with Crippen LogP contribution in [0.4, 0.5) is 5.69 Å². The van der Waals surface area contributed by atoms with Gasteiger partial charge in [-0.3, -0.25) is 0 Å². The van der Waals surface area contributed by atoms with Crippen LogP contribution in [0.2, 0.25) is 0 Å². The Hall–Kier alpha value is -1.38. The molecule has 0 spiro atoms. The summed E-state index contributed by atoms with van der Waals surface area (Å²) >= 11 is 0. The summed E-state index contributed by atoms with van der Waals surface area (Å²) in [5.74, 6) is 0. The first-order chi connectivity index (χ1) is 9.70. The normalized spacial score (nSPS) is 10.2. The molecule has 1 radical (unpaired) electrons. The standard InChI is InChI=1S/C18H15N2.Y/c1-13-11-14-7-4-5-8-15(14)12-16(13)18-17(19-2)9-6-10-20(18)3;/h2,4-8,10-12H,1,3H3;/q-1;. The van der Waals surface area contributed by atoms with Crippen LogP contribution in [-0.4, -0.2) is 6.72 Å². The minimum absolute atomic E-state index is 0. The Balaban J connectivity index is 0.00000161. The van der Waals surface area contributed by atoms with Crippen LogP contribution in [0.15, 0.2) is 53.7 Å². The third kappa shape index (κ3) is 2.97. The molecule has 0 atom stereocenters. The van der Waals surface area contributed by atoms with Crippen molar-refractivity contribution < 1.29 is 37.3 Å². The SMILES string of the molecule is [CH-]=Nc1[c-]cc[n+](C)c1-c1cc2ccccc2cc1C.[Y]. The fourth-order valence-corrected chi connectivity index (χ4v) is 2.56. The van der Waals surface area contributed by atoms with Crippen LogP contribution < -0.4 is 4.57 Å². The van der Waals surface area contributed by atoms with E-state index in [1.165, 1.54) is 16.3 Å². The molecule has 0 aliphatic carbocycles. The van der Waals surface area contributed by atoms with Crippen molar-refractivity contribution in [3.8, 4) is 11.3 Å². The molecule has 0 aliphatic rings. The van der Waals surface area contributed by atoms with E-state index in [0.29, 0.717) is 5.69 Å². The molecule has 3 rings (SSSR count). The maximum atomic E-state index is 5.50. The first kappa shape index (κ1) is 16.0. The molecule has 1 aromatic heterocycles. The van der Waals surface area contributed by atoms with Gasteiger partial charge < -0.3 is 9.56 Å². The minimum Gasteiger partial charge on any atom is -0.479 e. The van der Waals surface area contributed by atoms with Gasteiger partial charge in [-0.05, 0) is 23.3 Å². The minimum atomic E-state index is 0. The van der Waals surface area contributed by atoms with Gasteiger partial charge in [0.05, 0.1) is 6.20 Å². The van der Waals surface area contributed by atoms with E-state index in [1.54, 1.807) is 0 Å². The Morgan fingerprint density at radius 1 is 1.14 bits per heavy atom. The number of benzene rings is 2. The summed E-state index contributed by atoms with van der Waals surface area (Å²) in [6.07, 6.45) is 1.96. The molecular formula is C18H15N2Y-. The van der Waals surface area contributed by atoms with Gasteiger partial charge in [0, 0.05) is 38.4 Å². The van der Waals surface area contributed by atoms with Gasteiger partial charge in [-0.2, -0.15) is 6.72 Å². The Bertz CT molecular complexity index is 809. The van der Waals surface area contributed by atoms with Crippen LogP contribution in [0.3, 0.4) is 0 Å². The number of nitrogens with zero attached hydrogens (tertiary/aromatic N) is 2. The summed E-state index contributed by atoms with van der Waals surface area (Å²) < 4.78 is 2.03. The average molecular weight is 348 g/mol. The second-order valence-corrected chi connectivity index (χ2v) is 4.91. The predicted molar refractivity (Wildman–Crippen MR) is 82.3 cm³/mol. The summed E-state index contributed by atoms with van der Waals surface area (Å²) in [7, 11) is 1.99. The van der Waals surface area contributed by atoms with Crippen LogP contribution >= 0.6 is 0 Å². The Morgan fingerprint density at radius 3 is 2.48 bits per heavy atom. The van der Waals surface area contributed by atoms with Crippen LogP contribution in [0.25, 0.3) is 22.0 Å². The van der Waals surface area contributed by atoms with Crippen molar-refractivity contribution in [1.29, 1.82) is 0 Å². The van der Waals surface area contributed by atoms with Crippen molar-refractivity contribution in [2.45, 2.75) is 6.92 Å². The van der Waals surface area contributed by atoms with E-state index in [-0.39, 0.29) is 32.7 Å². The zero-order valence-electron chi connectivity index (χ0n) is 12.2. The van der Waals surface area contributed by atoms with Crippen LogP contribution in [0, 0.1) is 13.0 Å². The van der Waals surface area contributed by atoms with Gasteiger partial charge in [0.1, 0.15) is 7.05 Å². The summed E-state index contributed by atoms with van der Waals surface area (Å²) in [6, 6.07) is 17.6. The number of fused-ring (bicyclic) bond motifs is 1. The zero-order chi connectivity index (χ0) is 14.1. The van der Waals surface area contributed by atoms with E-state index in [9.17, 15) is 0 Å². The van der Waals surface area contributed by atoms with Gasteiger partial charge in [0.2, 0.25) is 0 Å². The molecular weight excluding hydrogens is 333 g/mol. The van der Waals surface area contributed by atoms with E-state index in [4.69, 9.17) is 6.72 Å². The molecule has 101 valence electrons. The second kappa shape index (κ2) is 6.59. The molecule has 0 N–H and O–H groups in total. The molecule has 0 fully saturated rings. The van der Waals surface area contributed by atoms with Crippen molar-refractivity contribution >= 4 is 23.2 Å². The number of hydrogen-bond donors (Lipinski definition) is 0. The van der Waals surface area contributed by atoms with E-state index in [1.807, 2.05) is 29.9 Å². The van der Waals surface area contributed by atoms with Crippen molar-refractivity contribution in [3.63, 3.8) is 0 Å². The van der Waals surface area contributed by atoms with Gasteiger partial charge in [-0.1, -0.05) is 42.0 Å². The predicted octanol–water partition coefficient (Wildman–Crippen LogP) is 3.65. The molecule has 2 nitrogen and oxygen atoms in total. The van der Waals surface area contributed by atoms with Gasteiger partial charge in [-0.25, -0.2) is 6.07 Å². The van der Waals surface area contributed by atoms with Crippen molar-refractivity contribution in [2.75, 3.05) is 0 Å². The number of hydrogen-bond acceptors (Lipinski definition) is 1. The van der Waals surface area contributed by atoms with Crippen molar-refractivity contribution in [2.24, 2.45) is 12.0 Å². The van der Waals surface area contributed by atoms with Crippen LogP contribution in [-0.2, 0) is 39.8 Å². The molecule has 0 aliphatic heterocycles. The van der Waals surface area contributed by atoms with Gasteiger partial charge >= 0.3 is 0 Å². The Kier molecular flexibility index (Phi) is 5.02. The molecule has 3 heteroatoms. The van der Waals surface area contributed by atoms with E-state index in [2.05, 4.69) is 48.3 Å². The molecule has 0 unspecified atom stereocenters. The molecule has 0 bridgehead atoms. The molecule has 0 saturated carbocycles. The number of aryl methyl sites for hydroxylation is 2. The third-order valence-electron chi connectivity index (χ3n) is 3.57. The molecule has 0 amide bonds. The Labute approximate surface area is 150 Å². The second-order valence-electron chi connectivity index (χ2n) is 4.91. The van der Waals surface area contributed by atoms with Crippen molar-refractivity contribution in [3.05, 3.63) is 60.3 Å². The zero-order valence-corrected chi connectivity index (χ0v) is 15.0. The number of rotatable bonds is 2. The smallest absolute Gasteiger partial charge is 0.114 e. The quantitative estimate of drug-likeness (QED) is 0.382. The summed E-state index contributed by atoms with van der Waals surface area (Å²) in [5, 5.41) is 2.45. The van der Waals surface area contributed by atoms with E-state index < -0.39 is 0 Å². The van der Waals surface area contributed by atoms with Crippen molar-refractivity contribution in [1.82, 2.24) is 0 Å². The average Bonchev–Trinajstić information content (AvgIpc) is 2.46. The van der Waals surface area contributed by atoms with Gasteiger partial charge in [0.25, 0.3) is 0 Å². The fourth-order valence-electron chi connectivity index (χ4n) is 2.56. The molecule has 3 aromatic rings. The third-order valence-corrected chi connectivity index (χ3v) is 3.57. The number of aromatic nitrogens is 1. The molecule has 21 heavy (non-hydrogen) atoms. The summed E-state index contributed by atoms with van der Waals surface area (Å²) in [4.78, 5) is 3.85. The monoisotopic (exact) mass is 348 g/mol. The first-order valence-corrected chi connectivity index (χ1v) is 6.51.